The molecule has 5 rings (SSSR count). The Morgan fingerprint density at radius 2 is 1.89 bits per heavy atom. The van der Waals surface area contributed by atoms with Gasteiger partial charge < -0.3 is 31.2 Å². The second kappa shape index (κ2) is 9.67. The molecule has 0 aliphatic heterocycles. The number of amides is 3. The van der Waals surface area contributed by atoms with Gasteiger partial charge in [-0.05, 0) is 83.6 Å². The number of carbonyl (C=O) groups excluding carboxylic acids is 3. The van der Waals surface area contributed by atoms with Gasteiger partial charge in [-0.3, -0.25) is 4.79 Å². The van der Waals surface area contributed by atoms with E-state index in [1.54, 1.807) is 23.2 Å². The number of methoxy groups -OCH3 is 1. The number of carbonyl (C=O) groups is 3. The number of aromatic nitrogens is 2. The molecule has 0 aromatic carbocycles. The van der Waals surface area contributed by atoms with Gasteiger partial charge in [-0.2, -0.15) is 5.10 Å². The molecule has 4 aliphatic rings. The van der Waals surface area contributed by atoms with E-state index in [4.69, 9.17) is 10.5 Å². The lowest BCUT2D eigenvalue weighted by Crippen LogP contribution is -2.63. The normalized spacial score (nSPS) is 28.8. The zero-order chi connectivity index (χ0) is 26.3. The van der Waals surface area contributed by atoms with E-state index in [9.17, 15) is 14.4 Å². The van der Waals surface area contributed by atoms with Crippen molar-refractivity contribution in [3.8, 4) is 0 Å². The molecule has 1 heterocycles. The minimum atomic E-state index is -0.715. The van der Waals surface area contributed by atoms with Crippen LogP contribution in [-0.4, -0.2) is 58.2 Å². The van der Waals surface area contributed by atoms with Crippen LogP contribution in [0.4, 0.5) is 15.4 Å². The van der Waals surface area contributed by atoms with Gasteiger partial charge in [0.1, 0.15) is 17.0 Å². The SMILES string of the molecule is COC(=O)NC(C)(C)C=Cn1ncc(C(=O)NC2C3CC4CC2CC(OC(N)=O)(C4)C3)c1NC(C)C. The monoisotopic (exact) mass is 502 g/mol. The van der Waals surface area contributed by atoms with Gasteiger partial charge in [-0.15, -0.1) is 0 Å². The van der Waals surface area contributed by atoms with Crippen molar-refractivity contribution in [2.24, 2.45) is 23.5 Å². The van der Waals surface area contributed by atoms with Gasteiger partial charge in [-0.25, -0.2) is 14.3 Å². The average Bonchev–Trinajstić information content (AvgIpc) is 3.15. The van der Waals surface area contributed by atoms with Crippen molar-refractivity contribution in [3.63, 3.8) is 0 Å². The van der Waals surface area contributed by atoms with Gasteiger partial charge in [-0.1, -0.05) is 0 Å². The van der Waals surface area contributed by atoms with Crippen LogP contribution in [0.5, 0.6) is 0 Å². The minimum absolute atomic E-state index is 0.0210. The van der Waals surface area contributed by atoms with Crippen molar-refractivity contribution in [3.05, 3.63) is 17.8 Å². The highest BCUT2D eigenvalue weighted by Crippen LogP contribution is 2.57. The van der Waals surface area contributed by atoms with Crippen LogP contribution in [-0.2, 0) is 9.47 Å². The summed E-state index contributed by atoms with van der Waals surface area (Å²) in [5.74, 6) is 1.39. The molecular formula is C25H38N6O5. The molecule has 11 nitrogen and oxygen atoms in total. The zero-order valence-corrected chi connectivity index (χ0v) is 21.7. The van der Waals surface area contributed by atoms with Crippen molar-refractivity contribution in [2.45, 2.75) is 83.0 Å². The van der Waals surface area contributed by atoms with Gasteiger partial charge in [0.15, 0.2) is 0 Å². The highest BCUT2D eigenvalue weighted by atomic mass is 16.6. The molecule has 4 saturated carbocycles. The number of primary amides is 1. The maximum Gasteiger partial charge on any atom is 0.407 e. The van der Waals surface area contributed by atoms with Crippen LogP contribution >= 0.6 is 0 Å². The third-order valence-electron chi connectivity index (χ3n) is 7.54. The minimum Gasteiger partial charge on any atom is -0.453 e. The molecule has 1 aromatic rings. The Morgan fingerprint density at radius 3 is 2.47 bits per heavy atom. The second-order valence-electron chi connectivity index (χ2n) is 11.4. The summed E-state index contributed by atoms with van der Waals surface area (Å²) in [5.41, 5.74) is 4.64. The molecule has 5 N–H and O–H groups in total. The Bertz CT molecular complexity index is 1030. The number of nitrogens with two attached hydrogens (primary N) is 1. The summed E-state index contributed by atoms with van der Waals surface area (Å²) >= 11 is 0. The van der Waals surface area contributed by atoms with E-state index in [1.807, 2.05) is 27.7 Å². The first-order valence-electron chi connectivity index (χ1n) is 12.6. The van der Waals surface area contributed by atoms with Crippen LogP contribution in [0.3, 0.4) is 0 Å². The van der Waals surface area contributed by atoms with Crippen molar-refractivity contribution in [1.82, 2.24) is 20.4 Å². The Balaban J connectivity index is 1.51. The van der Waals surface area contributed by atoms with Crippen molar-refractivity contribution in [1.29, 1.82) is 0 Å². The lowest BCUT2D eigenvalue weighted by Gasteiger charge is -2.58. The van der Waals surface area contributed by atoms with E-state index in [0.717, 1.165) is 32.1 Å². The van der Waals surface area contributed by atoms with Gasteiger partial charge in [0.05, 0.1) is 18.8 Å². The van der Waals surface area contributed by atoms with Gasteiger partial charge >= 0.3 is 12.2 Å². The number of anilines is 1. The van der Waals surface area contributed by atoms with Crippen LogP contribution in [0.1, 0.15) is 70.2 Å². The topological polar surface area (TPSA) is 150 Å². The van der Waals surface area contributed by atoms with Crippen molar-refractivity contribution in [2.75, 3.05) is 12.4 Å². The summed E-state index contributed by atoms with van der Waals surface area (Å²) in [6.45, 7) is 7.63. The Morgan fingerprint density at radius 1 is 1.22 bits per heavy atom. The second-order valence-corrected chi connectivity index (χ2v) is 11.4. The van der Waals surface area contributed by atoms with Crippen LogP contribution in [0.25, 0.3) is 6.20 Å². The molecule has 198 valence electrons. The Hall–Kier alpha value is -3.24. The van der Waals surface area contributed by atoms with E-state index in [1.165, 1.54) is 7.11 Å². The van der Waals surface area contributed by atoms with E-state index < -0.39 is 23.3 Å². The third kappa shape index (κ3) is 5.44. The summed E-state index contributed by atoms with van der Waals surface area (Å²) < 4.78 is 11.9. The van der Waals surface area contributed by atoms with Crippen LogP contribution < -0.4 is 21.7 Å². The third-order valence-corrected chi connectivity index (χ3v) is 7.54. The Kier molecular flexibility index (Phi) is 6.94. The first-order chi connectivity index (χ1) is 16.9. The van der Waals surface area contributed by atoms with Gasteiger partial charge in [0.25, 0.3) is 5.91 Å². The standard InChI is InChI=1S/C25H38N6O5/c1-14(2)28-20-18(13-27-31(20)7-6-24(3,4)30-23(34)35-5)21(32)29-19-16-8-15-9-17(19)12-25(10-15,11-16)36-22(26)33/h6-7,13-17,19,28H,8-12H2,1-5H3,(H2,26,33)(H,29,32)(H,30,34). The Labute approximate surface area is 211 Å². The molecule has 0 radical (unpaired) electrons. The molecular weight excluding hydrogens is 464 g/mol. The molecule has 4 aliphatic carbocycles. The first kappa shape index (κ1) is 25.8. The number of nitrogens with one attached hydrogen (secondary N) is 3. The number of rotatable bonds is 8. The molecule has 4 bridgehead atoms. The zero-order valence-electron chi connectivity index (χ0n) is 21.7. The number of hydrogen-bond donors (Lipinski definition) is 4. The molecule has 2 atom stereocenters. The number of nitrogens with zero attached hydrogens (tertiary/aromatic N) is 2. The maximum absolute atomic E-state index is 13.5. The number of ether oxygens (including phenoxy) is 2. The largest absolute Gasteiger partial charge is 0.453 e. The molecule has 0 spiro atoms. The molecule has 0 saturated heterocycles. The maximum atomic E-state index is 13.5. The fourth-order valence-corrected chi connectivity index (χ4v) is 6.42. The molecule has 3 amide bonds. The first-order valence-corrected chi connectivity index (χ1v) is 12.6. The summed E-state index contributed by atoms with van der Waals surface area (Å²) in [7, 11) is 1.31. The number of alkyl carbamates (subject to hydrolysis) is 1. The average molecular weight is 503 g/mol. The van der Waals surface area contributed by atoms with Gasteiger partial charge in [0.2, 0.25) is 0 Å². The smallest absolute Gasteiger partial charge is 0.407 e. The van der Waals surface area contributed by atoms with Crippen LogP contribution in [0, 0.1) is 17.8 Å². The van der Waals surface area contributed by atoms with E-state index in [-0.39, 0.29) is 29.8 Å². The van der Waals surface area contributed by atoms with Gasteiger partial charge in [0, 0.05) is 18.3 Å². The highest BCUT2D eigenvalue weighted by Gasteiger charge is 2.57. The van der Waals surface area contributed by atoms with E-state index in [2.05, 4.69) is 25.8 Å². The lowest BCUT2D eigenvalue weighted by molar-refractivity contribution is -0.137. The lowest BCUT2D eigenvalue weighted by atomic mass is 9.52. The summed E-state index contributed by atoms with van der Waals surface area (Å²) in [5, 5.41) is 13.8. The molecule has 2 unspecified atom stereocenters. The summed E-state index contributed by atoms with van der Waals surface area (Å²) in [4.78, 5) is 36.6. The molecule has 1 aromatic heterocycles. The molecule has 36 heavy (non-hydrogen) atoms. The van der Waals surface area contributed by atoms with E-state index in [0.29, 0.717) is 17.3 Å². The van der Waals surface area contributed by atoms with Crippen LogP contribution in [0.2, 0.25) is 0 Å². The summed E-state index contributed by atoms with van der Waals surface area (Å²) in [6.07, 6.45) is 8.16. The van der Waals surface area contributed by atoms with Crippen LogP contribution in [0.15, 0.2) is 12.3 Å². The fourth-order valence-electron chi connectivity index (χ4n) is 6.42. The van der Waals surface area contributed by atoms with E-state index >= 15 is 0 Å². The fraction of sp³-hybridized carbons (Fsp3) is 0.680. The highest BCUT2D eigenvalue weighted by molar-refractivity contribution is 5.99. The van der Waals surface area contributed by atoms with Crippen molar-refractivity contribution >= 4 is 30.1 Å². The predicted molar refractivity (Wildman–Crippen MR) is 134 cm³/mol. The predicted octanol–water partition coefficient (Wildman–Crippen LogP) is 3.08. The summed E-state index contributed by atoms with van der Waals surface area (Å²) in [6, 6.07) is 0.0845. The quantitative estimate of drug-likeness (QED) is 0.427. The van der Waals surface area contributed by atoms with Crippen molar-refractivity contribution < 1.29 is 23.9 Å². The number of hydrogen-bond acceptors (Lipinski definition) is 7. The molecule has 11 heteroatoms. The molecule has 4 fully saturated rings.